The minimum absolute atomic E-state index is 0.154. The first-order valence-electron chi connectivity index (χ1n) is 8.08. The Hall–Kier alpha value is -2.77. The number of hydrogen-bond acceptors (Lipinski definition) is 3. The van der Waals surface area contributed by atoms with Crippen LogP contribution in [-0.2, 0) is 6.54 Å². The minimum Gasteiger partial charge on any atom is -0.451 e. The van der Waals surface area contributed by atoms with Gasteiger partial charge in [-0.15, -0.1) is 0 Å². The van der Waals surface area contributed by atoms with E-state index in [1.54, 1.807) is 41.3 Å². The first-order valence-corrected chi connectivity index (χ1v) is 8.46. The van der Waals surface area contributed by atoms with Crippen molar-refractivity contribution in [2.45, 2.75) is 19.9 Å². The third-order valence-corrected chi connectivity index (χ3v) is 4.16. The molecule has 0 unspecified atom stereocenters. The molecule has 3 rings (SSSR count). The van der Waals surface area contributed by atoms with Crippen molar-refractivity contribution >= 4 is 28.5 Å². The largest absolute Gasteiger partial charge is 0.451 e. The fourth-order valence-corrected chi connectivity index (χ4v) is 2.88. The highest BCUT2D eigenvalue weighted by atomic mass is 35.5. The van der Waals surface area contributed by atoms with Gasteiger partial charge in [0.05, 0.1) is 11.6 Å². The number of benzene rings is 2. The van der Waals surface area contributed by atoms with E-state index in [0.717, 1.165) is 17.4 Å². The molecule has 3 aromatic rings. The average molecular weight is 353 g/mol. The number of nitrogens with zero attached hydrogens (tertiary/aromatic N) is 2. The number of rotatable bonds is 5. The summed E-state index contributed by atoms with van der Waals surface area (Å²) >= 11 is 5.99. The van der Waals surface area contributed by atoms with Crippen LogP contribution in [0.25, 0.3) is 11.0 Å². The van der Waals surface area contributed by atoms with Crippen LogP contribution in [0.4, 0.5) is 0 Å². The van der Waals surface area contributed by atoms with Gasteiger partial charge in [0.1, 0.15) is 5.58 Å². The topological polar surface area (TPSA) is 57.2 Å². The molecule has 2 aromatic carbocycles. The van der Waals surface area contributed by atoms with E-state index in [9.17, 15) is 4.79 Å². The molecule has 0 radical (unpaired) electrons. The van der Waals surface area contributed by atoms with Crippen LogP contribution < -0.4 is 0 Å². The summed E-state index contributed by atoms with van der Waals surface area (Å²) in [5, 5.41) is 10.3. The SMILES string of the molecule is CCCN(Cc1ccc(C#N)cc1)C(=O)c1cc2cc(Cl)ccc2o1. The van der Waals surface area contributed by atoms with Crippen LogP contribution in [0.5, 0.6) is 0 Å². The first kappa shape index (κ1) is 17.1. The maximum atomic E-state index is 12.9. The van der Waals surface area contributed by atoms with Crippen molar-refractivity contribution in [1.29, 1.82) is 5.26 Å². The first-order chi connectivity index (χ1) is 12.1. The lowest BCUT2D eigenvalue weighted by atomic mass is 10.1. The van der Waals surface area contributed by atoms with Gasteiger partial charge in [-0.25, -0.2) is 0 Å². The standard InChI is InChI=1S/C20H17ClN2O2/c1-2-9-23(13-15-5-3-14(12-22)4-6-15)20(24)19-11-16-10-17(21)7-8-18(16)25-19/h3-8,10-11H,2,9,13H2,1H3. The Kier molecular flexibility index (Phi) is 5.06. The van der Waals surface area contributed by atoms with Crippen LogP contribution >= 0.6 is 11.6 Å². The Morgan fingerprint density at radius 1 is 1.20 bits per heavy atom. The lowest BCUT2D eigenvalue weighted by Crippen LogP contribution is -2.31. The summed E-state index contributed by atoms with van der Waals surface area (Å²) in [6, 6.07) is 16.4. The number of carbonyl (C=O) groups is 1. The van der Waals surface area contributed by atoms with E-state index < -0.39 is 0 Å². The second kappa shape index (κ2) is 7.42. The van der Waals surface area contributed by atoms with Crippen LogP contribution in [0, 0.1) is 11.3 Å². The van der Waals surface area contributed by atoms with Crippen LogP contribution in [-0.4, -0.2) is 17.4 Å². The molecular formula is C20H17ClN2O2. The van der Waals surface area contributed by atoms with E-state index in [1.807, 2.05) is 19.1 Å². The molecule has 0 aliphatic rings. The predicted octanol–water partition coefficient (Wildman–Crippen LogP) is 5.01. The number of amides is 1. The number of hydrogen-bond donors (Lipinski definition) is 0. The molecule has 1 amide bonds. The molecule has 1 aromatic heterocycles. The highest BCUT2D eigenvalue weighted by Crippen LogP contribution is 2.24. The van der Waals surface area contributed by atoms with Gasteiger partial charge in [-0.3, -0.25) is 4.79 Å². The van der Waals surface area contributed by atoms with E-state index in [4.69, 9.17) is 21.3 Å². The van der Waals surface area contributed by atoms with Crippen LogP contribution in [0.3, 0.4) is 0 Å². The predicted molar refractivity (Wildman–Crippen MR) is 97.4 cm³/mol. The molecule has 0 bridgehead atoms. The monoisotopic (exact) mass is 352 g/mol. The number of halogens is 1. The number of nitriles is 1. The molecule has 0 atom stereocenters. The van der Waals surface area contributed by atoms with Gasteiger partial charge >= 0.3 is 0 Å². The fraction of sp³-hybridized carbons (Fsp3) is 0.200. The van der Waals surface area contributed by atoms with E-state index in [-0.39, 0.29) is 5.91 Å². The van der Waals surface area contributed by atoms with E-state index in [2.05, 4.69) is 6.07 Å². The molecule has 0 aliphatic carbocycles. The zero-order valence-electron chi connectivity index (χ0n) is 13.8. The summed E-state index contributed by atoms with van der Waals surface area (Å²) in [4.78, 5) is 14.6. The van der Waals surface area contributed by atoms with Gasteiger partial charge in [0.2, 0.25) is 0 Å². The third kappa shape index (κ3) is 3.84. The fourth-order valence-electron chi connectivity index (χ4n) is 2.70. The molecule has 0 N–H and O–H groups in total. The molecule has 0 fully saturated rings. The van der Waals surface area contributed by atoms with Crippen molar-refractivity contribution in [2.75, 3.05) is 6.54 Å². The summed E-state index contributed by atoms with van der Waals surface area (Å²) in [6.07, 6.45) is 0.841. The molecule has 0 saturated heterocycles. The number of fused-ring (bicyclic) bond motifs is 1. The molecular weight excluding hydrogens is 336 g/mol. The second-order valence-corrected chi connectivity index (χ2v) is 6.26. The maximum absolute atomic E-state index is 12.9. The van der Waals surface area contributed by atoms with Crippen LogP contribution in [0.2, 0.25) is 5.02 Å². The lowest BCUT2D eigenvalue weighted by molar-refractivity contribution is 0.0713. The summed E-state index contributed by atoms with van der Waals surface area (Å²) in [6.45, 7) is 3.12. The Labute approximate surface area is 151 Å². The van der Waals surface area contributed by atoms with Crippen molar-refractivity contribution in [3.05, 3.63) is 70.4 Å². The summed E-state index contributed by atoms with van der Waals surface area (Å²) < 4.78 is 5.69. The number of furan rings is 1. The smallest absolute Gasteiger partial charge is 0.289 e. The van der Waals surface area contributed by atoms with Crippen molar-refractivity contribution in [3.63, 3.8) is 0 Å². The minimum atomic E-state index is -0.154. The van der Waals surface area contributed by atoms with Crippen LogP contribution in [0.1, 0.15) is 35.0 Å². The molecule has 25 heavy (non-hydrogen) atoms. The quantitative estimate of drug-likeness (QED) is 0.648. The average Bonchev–Trinajstić information content (AvgIpc) is 3.04. The highest BCUT2D eigenvalue weighted by Gasteiger charge is 2.19. The van der Waals surface area contributed by atoms with Crippen molar-refractivity contribution in [1.82, 2.24) is 4.90 Å². The molecule has 4 nitrogen and oxygen atoms in total. The molecule has 1 heterocycles. The Morgan fingerprint density at radius 2 is 1.96 bits per heavy atom. The zero-order chi connectivity index (χ0) is 17.8. The summed E-state index contributed by atoms with van der Waals surface area (Å²) in [5.41, 5.74) is 2.22. The Balaban J connectivity index is 1.84. The highest BCUT2D eigenvalue weighted by molar-refractivity contribution is 6.31. The van der Waals surface area contributed by atoms with Gasteiger partial charge in [-0.05, 0) is 48.4 Å². The van der Waals surface area contributed by atoms with Gasteiger partial charge in [-0.1, -0.05) is 30.7 Å². The molecule has 5 heteroatoms. The van der Waals surface area contributed by atoms with Gasteiger partial charge in [-0.2, -0.15) is 5.26 Å². The zero-order valence-corrected chi connectivity index (χ0v) is 14.6. The van der Waals surface area contributed by atoms with E-state index >= 15 is 0 Å². The van der Waals surface area contributed by atoms with Crippen molar-refractivity contribution in [3.8, 4) is 6.07 Å². The number of carbonyl (C=O) groups excluding carboxylic acids is 1. The van der Waals surface area contributed by atoms with Gasteiger partial charge in [0.15, 0.2) is 5.76 Å². The van der Waals surface area contributed by atoms with Gasteiger partial charge < -0.3 is 9.32 Å². The molecule has 0 saturated carbocycles. The Bertz CT molecular complexity index is 938. The van der Waals surface area contributed by atoms with Gasteiger partial charge in [0, 0.05) is 23.5 Å². The maximum Gasteiger partial charge on any atom is 0.289 e. The van der Waals surface area contributed by atoms with E-state index in [1.165, 1.54) is 0 Å². The molecule has 0 spiro atoms. The second-order valence-electron chi connectivity index (χ2n) is 5.83. The van der Waals surface area contributed by atoms with Crippen molar-refractivity contribution in [2.24, 2.45) is 0 Å². The summed E-state index contributed by atoms with van der Waals surface area (Å²) in [5.74, 6) is 0.151. The van der Waals surface area contributed by atoms with Crippen molar-refractivity contribution < 1.29 is 9.21 Å². The van der Waals surface area contributed by atoms with Crippen LogP contribution in [0.15, 0.2) is 52.9 Å². The van der Waals surface area contributed by atoms with E-state index in [0.29, 0.717) is 35.0 Å². The molecule has 126 valence electrons. The Morgan fingerprint density at radius 3 is 2.64 bits per heavy atom. The van der Waals surface area contributed by atoms with Gasteiger partial charge in [0.25, 0.3) is 5.91 Å². The lowest BCUT2D eigenvalue weighted by Gasteiger charge is -2.21. The summed E-state index contributed by atoms with van der Waals surface area (Å²) in [7, 11) is 0. The third-order valence-electron chi connectivity index (χ3n) is 3.93. The molecule has 0 aliphatic heterocycles. The normalized spacial score (nSPS) is 10.6.